The number of rotatable bonds is 2. The van der Waals surface area contributed by atoms with Gasteiger partial charge in [0.25, 0.3) is 0 Å². The molecular formula is C13H20N2O2S. The third-order valence-corrected chi connectivity index (χ3v) is 5.04. The second-order valence-electron chi connectivity index (χ2n) is 4.84. The van der Waals surface area contributed by atoms with Gasteiger partial charge in [0.15, 0.2) is 9.84 Å². The molecule has 5 heteroatoms. The summed E-state index contributed by atoms with van der Waals surface area (Å²) >= 11 is 0. The Labute approximate surface area is 109 Å². The Balaban J connectivity index is 2.26. The lowest BCUT2D eigenvalue weighted by molar-refractivity contribution is 0.597. The van der Waals surface area contributed by atoms with Gasteiger partial charge < -0.3 is 10.6 Å². The van der Waals surface area contributed by atoms with Crippen molar-refractivity contribution in [3.8, 4) is 0 Å². The highest BCUT2D eigenvalue weighted by Gasteiger charge is 2.21. The minimum atomic E-state index is -2.87. The maximum atomic E-state index is 11.6. The van der Waals surface area contributed by atoms with Gasteiger partial charge >= 0.3 is 0 Å². The van der Waals surface area contributed by atoms with E-state index >= 15 is 0 Å². The SMILES string of the molecule is CC(N)c1ccccc1N1CCCS(=O)(=O)CC1. The van der Waals surface area contributed by atoms with Crippen molar-refractivity contribution < 1.29 is 8.42 Å². The van der Waals surface area contributed by atoms with Crippen molar-refractivity contribution in [1.29, 1.82) is 0 Å². The van der Waals surface area contributed by atoms with E-state index in [1.165, 1.54) is 0 Å². The molecule has 0 saturated carbocycles. The normalized spacial score (nSPS) is 21.3. The van der Waals surface area contributed by atoms with E-state index in [0.29, 0.717) is 18.7 Å². The summed E-state index contributed by atoms with van der Waals surface area (Å²) in [5, 5.41) is 0. The summed E-state index contributed by atoms with van der Waals surface area (Å²) in [5.41, 5.74) is 8.12. The fraction of sp³-hybridized carbons (Fsp3) is 0.538. The van der Waals surface area contributed by atoms with E-state index in [-0.39, 0.29) is 11.8 Å². The van der Waals surface area contributed by atoms with Crippen LogP contribution in [0.1, 0.15) is 24.9 Å². The van der Waals surface area contributed by atoms with Gasteiger partial charge in [-0.2, -0.15) is 0 Å². The largest absolute Gasteiger partial charge is 0.370 e. The van der Waals surface area contributed by atoms with Crippen molar-refractivity contribution in [2.24, 2.45) is 5.73 Å². The first-order valence-corrected chi connectivity index (χ1v) is 8.11. The summed E-state index contributed by atoms with van der Waals surface area (Å²) in [6.45, 7) is 3.29. The zero-order valence-corrected chi connectivity index (χ0v) is 11.5. The van der Waals surface area contributed by atoms with Crippen molar-refractivity contribution in [2.75, 3.05) is 29.5 Å². The lowest BCUT2D eigenvalue weighted by Crippen LogP contribution is -2.28. The topological polar surface area (TPSA) is 63.4 Å². The van der Waals surface area contributed by atoms with Crippen LogP contribution < -0.4 is 10.6 Å². The predicted octanol–water partition coefficient (Wildman–Crippen LogP) is 1.33. The van der Waals surface area contributed by atoms with Gasteiger partial charge in [-0.3, -0.25) is 0 Å². The van der Waals surface area contributed by atoms with E-state index in [9.17, 15) is 8.42 Å². The lowest BCUT2D eigenvalue weighted by atomic mass is 10.1. The van der Waals surface area contributed by atoms with Crippen LogP contribution in [0.25, 0.3) is 0 Å². The zero-order chi connectivity index (χ0) is 13.2. The molecule has 100 valence electrons. The van der Waals surface area contributed by atoms with Gasteiger partial charge in [-0.15, -0.1) is 0 Å². The van der Waals surface area contributed by atoms with Crippen LogP contribution >= 0.6 is 0 Å². The molecule has 1 aliphatic rings. The highest BCUT2D eigenvalue weighted by atomic mass is 32.2. The molecule has 1 unspecified atom stereocenters. The molecule has 4 nitrogen and oxygen atoms in total. The van der Waals surface area contributed by atoms with Gasteiger partial charge in [0, 0.05) is 24.8 Å². The molecule has 2 rings (SSSR count). The molecule has 1 fully saturated rings. The van der Waals surface area contributed by atoms with Crippen LogP contribution in [-0.2, 0) is 9.84 Å². The molecule has 1 atom stereocenters. The number of anilines is 1. The lowest BCUT2D eigenvalue weighted by Gasteiger charge is -2.26. The van der Waals surface area contributed by atoms with Crippen LogP contribution in [0, 0.1) is 0 Å². The van der Waals surface area contributed by atoms with Gasteiger partial charge in [-0.1, -0.05) is 18.2 Å². The molecule has 1 aliphatic heterocycles. The Morgan fingerprint density at radius 1 is 1.22 bits per heavy atom. The Hall–Kier alpha value is -1.07. The third kappa shape index (κ3) is 3.03. The van der Waals surface area contributed by atoms with E-state index in [4.69, 9.17) is 5.73 Å². The molecule has 0 bridgehead atoms. The summed E-state index contributed by atoms with van der Waals surface area (Å²) in [7, 11) is -2.87. The number of para-hydroxylation sites is 1. The zero-order valence-electron chi connectivity index (χ0n) is 10.7. The Kier molecular flexibility index (Phi) is 3.92. The third-order valence-electron chi connectivity index (χ3n) is 3.32. The first kappa shape index (κ1) is 13.4. The molecule has 1 heterocycles. The molecule has 0 radical (unpaired) electrons. The van der Waals surface area contributed by atoms with E-state index in [2.05, 4.69) is 4.90 Å². The Bertz CT molecular complexity index is 511. The summed E-state index contributed by atoms with van der Waals surface area (Å²) in [4.78, 5) is 2.14. The summed E-state index contributed by atoms with van der Waals surface area (Å²) in [6.07, 6.45) is 0.690. The quantitative estimate of drug-likeness (QED) is 0.879. The average Bonchev–Trinajstić information content (AvgIpc) is 2.50. The van der Waals surface area contributed by atoms with E-state index < -0.39 is 9.84 Å². The summed E-state index contributed by atoms with van der Waals surface area (Å²) < 4.78 is 23.2. The van der Waals surface area contributed by atoms with Crippen molar-refractivity contribution in [2.45, 2.75) is 19.4 Å². The second-order valence-corrected chi connectivity index (χ2v) is 7.14. The summed E-state index contributed by atoms with van der Waals surface area (Å²) in [5.74, 6) is 0.532. The second kappa shape index (κ2) is 5.28. The van der Waals surface area contributed by atoms with Crippen LogP contribution in [0.4, 0.5) is 5.69 Å². The molecule has 0 amide bonds. The first-order chi connectivity index (χ1) is 8.49. The van der Waals surface area contributed by atoms with Gasteiger partial charge in [0.2, 0.25) is 0 Å². The van der Waals surface area contributed by atoms with Gasteiger partial charge in [0.05, 0.1) is 11.5 Å². The fourth-order valence-electron chi connectivity index (χ4n) is 2.34. The van der Waals surface area contributed by atoms with Crippen LogP contribution in [0.15, 0.2) is 24.3 Å². The van der Waals surface area contributed by atoms with Crippen LogP contribution in [0.5, 0.6) is 0 Å². The van der Waals surface area contributed by atoms with Gasteiger partial charge in [-0.25, -0.2) is 8.42 Å². The molecule has 2 N–H and O–H groups in total. The minimum Gasteiger partial charge on any atom is -0.370 e. The van der Waals surface area contributed by atoms with Gasteiger partial charge in [-0.05, 0) is 25.0 Å². The van der Waals surface area contributed by atoms with Crippen LogP contribution in [-0.4, -0.2) is 33.0 Å². The maximum absolute atomic E-state index is 11.6. The molecule has 1 aromatic carbocycles. The first-order valence-electron chi connectivity index (χ1n) is 6.29. The predicted molar refractivity (Wildman–Crippen MR) is 74.5 cm³/mol. The van der Waals surface area contributed by atoms with Crippen molar-refractivity contribution in [3.63, 3.8) is 0 Å². The van der Waals surface area contributed by atoms with Crippen molar-refractivity contribution in [3.05, 3.63) is 29.8 Å². The molecule has 0 spiro atoms. The maximum Gasteiger partial charge on any atom is 0.152 e. The summed E-state index contributed by atoms with van der Waals surface area (Å²) in [6, 6.07) is 7.94. The fourth-order valence-corrected chi connectivity index (χ4v) is 3.61. The van der Waals surface area contributed by atoms with Crippen molar-refractivity contribution in [1.82, 2.24) is 0 Å². The highest BCUT2D eigenvalue weighted by molar-refractivity contribution is 7.91. The molecule has 1 aromatic rings. The monoisotopic (exact) mass is 268 g/mol. The minimum absolute atomic E-state index is 0.0407. The van der Waals surface area contributed by atoms with E-state index in [1.54, 1.807) is 0 Å². The van der Waals surface area contributed by atoms with Crippen LogP contribution in [0.2, 0.25) is 0 Å². The number of sulfone groups is 1. The average molecular weight is 268 g/mol. The van der Waals surface area contributed by atoms with Gasteiger partial charge in [0.1, 0.15) is 0 Å². The number of nitrogens with two attached hydrogens (primary N) is 1. The molecule has 0 aliphatic carbocycles. The van der Waals surface area contributed by atoms with E-state index in [1.807, 2.05) is 31.2 Å². The number of nitrogens with zero attached hydrogens (tertiary/aromatic N) is 1. The smallest absolute Gasteiger partial charge is 0.152 e. The highest BCUT2D eigenvalue weighted by Crippen LogP contribution is 2.26. The standard InChI is InChI=1S/C13H20N2O2S/c1-11(14)12-5-2-3-6-13(12)15-7-4-9-18(16,17)10-8-15/h2-3,5-6,11H,4,7-10,14H2,1H3. The van der Waals surface area contributed by atoms with Crippen LogP contribution in [0.3, 0.4) is 0 Å². The number of hydrogen-bond acceptors (Lipinski definition) is 4. The molecule has 1 saturated heterocycles. The number of benzene rings is 1. The van der Waals surface area contributed by atoms with E-state index in [0.717, 1.165) is 17.8 Å². The van der Waals surface area contributed by atoms with Crippen molar-refractivity contribution >= 4 is 15.5 Å². The Morgan fingerprint density at radius 3 is 2.67 bits per heavy atom. The number of hydrogen-bond donors (Lipinski definition) is 1. The molecule has 18 heavy (non-hydrogen) atoms. The molecular weight excluding hydrogens is 248 g/mol. The Morgan fingerprint density at radius 2 is 1.94 bits per heavy atom. The molecule has 0 aromatic heterocycles.